The number of phenols is 1. The minimum atomic E-state index is 0.0693. The van der Waals surface area contributed by atoms with Gasteiger partial charge in [-0.3, -0.25) is 4.79 Å². The molecule has 3 aliphatic carbocycles. The Bertz CT molecular complexity index is 1250. The number of furan rings is 1. The standard InChI is InChI=1S/C30H37N3O3S/c1-18-16-32-29(37-18)33-27(35)10-6-20-15-26(31-17-22-4-3-13-36-22)30(2)12-11-24-23-9-7-21(34)14-19(23)5-8-25(24)28(20)30/h3-4,7,9,13-14,16,20,24-26,28,31,34H,5-6,8,10-12,15,17H2,1-2H3,(H,32,33,35)/t20-,24?,25?,26?,28?,30-/m1/s1. The van der Waals surface area contributed by atoms with Crippen LogP contribution in [0.1, 0.15) is 73.1 Å². The fraction of sp³-hybridized carbons (Fsp3) is 0.533. The van der Waals surface area contributed by atoms with Gasteiger partial charge in [-0.2, -0.15) is 0 Å². The minimum absolute atomic E-state index is 0.0693. The third kappa shape index (κ3) is 4.72. The first kappa shape index (κ1) is 24.7. The van der Waals surface area contributed by atoms with Crippen LogP contribution in [0.25, 0.3) is 0 Å². The number of phenolic OH excluding ortho intramolecular Hbond substituents is 1. The summed E-state index contributed by atoms with van der Waals surface area (Å²) in [6, 6.07) is 10.4. The first-order chi connectivity index (χ1) is 17.9. The van der Waals surface area contributed by atoms with Gasteiger partial charge in [0.2, 0.25) is 5.91 Å². The molecule has 0 saturated heterocycles. The number of aromatic nitrogens is 1. The third-order valence-electron chi connectivity index (χ3n) is 9.56. The zero-order valence-corrected chi connectivity index (χ0v) is 22.5. The molecule has 2 heterocycles. The van der Waals surface area contributed by atoms with Gasteiger partial charge in [-0.25, -0.2) is 4.98 Å². The summed E-state index contributed by atoms with van der Waals surface area (Å²) < 4.78 is 5.62. The van der Waals surface area contributed by atoms with E-state index in [9.17, 15) is 9.90 Å². The fourth-order valence-corrected chi connectivity index (χ4v) is 8.70. The van der Waals surface area contributed by atoms with Crippen molar-refractivity contribution in [3.05, 3.63) is 64.6 Å². The normalized spacial score (nSPS) is 30.4. The van der Waals surface area contributed by atoms with Gasteiger partial charge in [-0.1, -0.05) is 13.0 Å². The minimum Gasteiger partial charge on any atom is -0.508 e. The van der Waals surface area contributed by atoms with Crippen LogP contribution in [0.2, 0.25) is 0 Å². The Kier molecular flexibility index (Phi) is 6.61. The first-order valence-corrected chi connectivity index (χ1v) is 14.5. The van der Waals surface area contributed by atoms with Gasteiger partial charge in [0.05, 0.1) is 12.8 Å². The molecule has 4 unspecified atom stereocenters. The number of benzene rings is 1. The highest BCUT2D eigenvalue weighted by Gasteiger charge is 2.58. The second-order valence-corrected chi connectivity index (χ2v) is 12.9. The molecule has 3 N–H and O–H groups in total. The zero-order valence-electron chi connectivity index (χ0n) is 21.7. The van der Waals surface area contributed by atoms with E-state index in [1.54, 1.807) is 12.5 Å². The second kappa shape index (κ2) is 9.91. The van der Waals surface area contributed by atoms with E-state index in [2.05, 4.69) is 28.6 Å². The average molecular weight is 520 g/mol. The molecule has 0 bridgehead atoms. The Balaban J connectivity index is 1.23. The average Bonchev–Trinajstić information content (AvgIpc) is 3.60. The monoisotopic (exact) mass is 519 g/mol. The van der Waals surface area contributed by atoms with Crippen molar-refractivity contribution in [3.8, 4) is 5.75 Å². The number of anilines is 1. The predicted octanol–water partition coefficient (Wildman–Crippen LogP) is 6.41. The number of rotatable bonds is 7. The van der Waals surface area contributed by atoms with Gasteiger partial charge in [0.25, 0.3) is 0 Å². The summed E-state index contributed by atoms with van der Waals surface area (Å²) in [5.74, 6) is 3.63. The van der Waals surface area contributed by atoms with E-state index < -0.39 is 0 Å². The molecule has 6 rings (SSSR count). The van der Waals surface area contributed by atoms with Gasteiger partial charge in [0, 0.05) is 23.5 Å². The Morgan fingerprint density at radius 2 is 2.19 bits per heavy atom. The van der Waals surface area contributed by atoms with Crippen LogP contribution in [0.15, 0.2) is 47.2 Å². The van der Waals surface area contributed by atoms with Gasteiger partial charge in [-0.05, 0) is 110 Å². The summed E-state index contributed by atoms with van der Waals surface area (Å²) >= 11 is 1.53. The topological polar surface area (TPSA) is 87.4 Å². The van der Waals surface area contributed by atoms with Gasteiger partial charge in [-0.15, -0.1) is 11.3 Å². The lowest BCUT2D eigenvalue weighted by molar-refractivity contribution is -0.116. The predicted molar refractivity (Wildman–Crippen MR) is 146 cm³/mol. The van der Waals surface area contributed by atoms with E-state index >= 15 is 0 Å². The van der Waals surface area contributed by atoms with E-state index in [4.69, 9.17) is 4.42 Å². The van der Waals surface area contributed by atoms with Crippen molar-refractivity contribution in [2.75, 3.05) is 5.32 Å². The van der Waals surface area contributed by atoms with Crippen molar-refractivity contribution >= 4 is 22.4 Å². The van der Waals surface area contributed by atoms with E-state index in [0.29, 0.717) is 47.0 Å². The quantitative estimate of drug-likeness (QED) is 0.336. The van der Waals surface area contributed by atoms with Crippen LogP contribution in [0, 0.1) is 30.1 Å². The van der Waals surface area contributed by atoms with Gasteiger partial charge < -0.3 is 20.2 Å². The number of hydrogen-bond donors (Lipinski definition) is 3. The molecule has 2 aromatic heterocycles. The number of amides is 1. The molecule has 0 aliphatic heterocycles. The lowest BCUT2D eigenvalue weighted by Crippen LogP contribution is -2.49. The summed E-state index contributed by atoms with van der Waals surface area (Å²) in [5, 5.41) is 17.6. The molecule has 6 atom stereocenters. The molecule has 3 aliphatic rings. The summed E-state index contributed by atoms with van der Waals surface area (Å²) in [6.45, 7) is 5.25. The van der Waals surface area contributed by atoms with Gasteiger partial charge in [0.15, 0.2) is 5.13 Å². The number of hydrogen-bond acceptors (Lipinski definition) is 6. The van der Waals surface area contributed by atoms with E-state index in [1.165, 1.54) is 35.3 Å². The summed E-state index contributed by atoms with van der Waals surface area (Å²) in [6.07, 6.45) is 10.6. The number of carbonyl (C=O) groups is 1. The highest BCUT2D eigenvalue weighted by atomic mass is 32.1. The molecule has 2 fully saturated rings. The van der Waals surface area contributed by atoms with Gasteiger partial charge >= 0.3 is 0 Å². The lowest BCUT2D eigenvalue weighted by Gasteiger charge is -2.52. The zero-order chi connectivity index (χ0) is 25.6. The SMILES string of the molecule is Cc1cnc(NC(=O)CC[C@@H]2CC(NCc3ccco3)[C@@]3(C)CCC4c5ccc(O)cc5CCC4C23)s1. The van der Waals surface area contributed by atoms with Crippen LogP contribution < -0.4 is 10.6 Å². The fourth-order valence-electron chi connectivity index (χ4n) is 8.02. The summed E-state index contributed by atoms with van der Waals surface area (Å²) in [5.41, 5.74) is 2.96. The Labute approximate surface area is 222 Å². The maximum Gasteiger partial charge on any atom is 0.226 e. The summed E-state index contributed by atoms with van der Waals surface area (Å²) in [7, 11) is 0. The number of carbonyl (C=O) groups excluding carboxylic acids is 1. The van der Waals surface area contributed by atoms with Crippen LogP contribution in [-0.2, 0) is 17.8 Å². The Morgan fingerprint density at radius 3 is 2.97 bits per heavy atom. The smallest absolute Gasteiger partial charge is 0.226 e. The maximum absolute atomic E-state index is 12.9. The van der Waals surface area contributed by atoms with Gasteiger partial charge in [0.1, 0.15) is 11.5 Å². The molecular weight excluding hydrogens is 482 g/mol. The lowest BCUT2D eigenvalue weighted by atomic mass is 9.53. The van der Waals surface area contributed by atoms with Crippen LogP contribution in [0.3, 0.4) is 0 Å². The van der Waals surface area contributed by atoms with Crippen LogP contribution in [-0.4, -0.2) is 22.0 Å². The first-order valence-electron chi connectivity index (χ1n) is 13.7. The van der Waals surface area contributed by atoms with Crippen LogP contribution >= 0.6 is 11.3 Å². The molecule has 3 aromatic rings. The Morgan fingerprint density at radius 1 is 1.30 bits per heavy atom. The molecule has 1 amide bonds. The van der Waals surface area contributed by atoms with Crippen molar-refractivity contribution in [2.24, 2.45) is 23.2 Å². The molecule has 0 spiro atoms. The number of aryl methyl sites for hydroxylation is 2. The van der Waals surface area contributed by atoms with Crippen LogP contribution in [0.4, 0.5) is 5.13 Å². The second-order valence-electron chi connectivity index (χ2n) is 11.6. The van der Waals surface area contributed by atoms with Crippen molar-refractivity contribution in [3.63, 3.8) is 0 Å². The van der Waals surface area contributed by atoms with E-state index in [-0.39, 0.29) is 11.3 Å². The van der Waals surface area contributed by atoms with Crippen molar-refractivity contribution in [2.45, 2.75) is 77.3 Å². The van der Waals surface area contributed by atoms with Crippen molar-refractivity contribution in [1.29, 1.82) is 0 Å². The Hall–Kier alpha value is -2.64. The largest absolute Gasteiger partial charge is 0.508 e. The third-order valence-corrected chi connectivity index (χ3v) is 10.4. The van der Waals surface area contributed by atoms with E-state index in [1.807, 2.05) is 31.2 Å². The summed E-state index contributed by atoms with van der Waals surface area (Å²) in [4.78, 5) is 18.3. The molecule has 7 heteroatoms. The van der Waals surface area contributed by atoms with E-state index in [0.717, 1.165) is 42.9 Å². The van der Waals surface area contributed by atoms with Crippen LogP contribution in [0.5, 0.6) is 5.75 Å². The van der Waals surface area contributed by atoms with Crippen molar-refractivity contribution in [1.82, 2.24) is 10.3 Å². The molecule has 37 heavy (non-hydrogen) atoms. The molecule has 196 valence electrons. The highest BCUT2D eigenvalue weighted by molar-refractivity contribution is 7.15. The number of nitrogens with zero attached hydrogens (tertiary/aromatic N) is 1. The number of aromatic hydroxyl groups is 1. The number of nitrogens with one attached hydrogen (secondary N) is 2. The molecular formula is C30H37N3O3S. The molecule has 1 aromatic carbocycles. The molecule has 6 nitrogen and oxygen atoms in total. The highest BCUT2D eigenvalue weighted by Crippen LogP contribution is 2.63. The number of fused-ring (bicyclic) bond motifs is 5. The molecule has 2 saturated carbocycles. The van der Waals surface area contributed by atoms with Crippen molar-refractivity contribution < 1.29 is 14.3 Å². The number of thiazole rings is 1. The maximum atomic E-state index is 12.9. The molecule has 0 radical (unpaired) electrons.